The molecule has 0 aliphatic carbocycles. The molecule has 0 saturated carbocycles. The average molecular weight is 540 g/mol. The van der Waals surface area contributed by atoms with E-state index in [2.05, 4.69) is 15.0 Å². The minimum Gasteiger partial charge on any atom is -0.357 e. The number of aryl methyl sites for hydroxylation is 1. The van der Waals surface area contributed by atoms with Crippen molar-refractivity contribution in [2.75, 3.05) is 26.7 Å². The summed E-state index contributed by atoms with van der Waals surface area (Å²) in [5, 5.41) is 3.91. The van der Waals surface area contributed by atoms with Crippen LogP contribution in [0.25, 0.3) is 0 Å². The normalized spacial score (nSPS) is 11.8. The van der Waals surface area contributed by atoms with Crippen molar-refractivity contribution in [3.8, 4) is 0 Å². The molecule has 0 bridgehead atoms. The van der Waals surface area contributed by atoms with Crippen LogP contribution in [0.1, 0.15) is 12.6 Å². The van der Waals surface area contributed by atoms with Gasteiger partial charge in [-0.15, -0.1) is 24.0 Å². The average Bonchev–Trinajstić information content (AvgIpc) is 2.95. The molecule has 7 nitrogen and oxygen atoms in total. The number of halogens is 2. The Bertz CT molecular complexity index is 871. The summed E-state index contributed by atoms with van der Waals surface area (Å²) in [6.07, 6.45) is 1.85. The molecule has 0 amide bonds. The van der Waals surface area contributed by atoms with Crippen LogP contribution in [0.3, 0.4) is 0 Å². The minimum atomic E-state index is -3.51. The predicted octanol–water partition coefficient (Wildman–Crippen LogP) is 2.67. The Balaban J connectivity index is 0.00000392. The Morgan fingerprint density at radius 3 is 2.54 bits per heavy atom. The third kappa shape index (κ3) is 7.26. The lowest BCUT2D eigenvalue weighted by Gasteiger charge is -2.22. The number of guanidine groups is 1. The van der Waals surface area contributed by atoms with Crippen LogP contribution in [0.4, 0.5) is 0 Å². The van der Waals surface area contributed by atoms with Crippen molar-refractivity contribution in [2.45, 2.75) is 18.4 Å². The summed E-state index contributed by atoms with van der Waals surface area (Å²) >= 11 is 6.04. The zero-order valence-electron chi connectivity index (χ0n) is 16.2. The summed E-state index contributed by atoms with van der Waals surface area (Å²) in [5.74, 6) is 0.703. The molecule has 2 aromatic rings. The highest BCUT2D eigenvalue weighted by Crippen LogP contribution is 2.14. The van der Waals surface area contributed by atoms with E-state index in [1.165, 1.54) is 0 Å². The molecule has 28 heavy (non-hydrogen) atoms. The van der Waals surface area contributed by atoms with Gasteiger partial charge in [0.15, 0.2) is 5.96 Å². The summed E-state index contributed by atoms with van der Waals surface area (Å²) in [4.78, 5) is 6.73. The van der Waals surface area contributed by atoms with Gasteiger partial charge in [-0.05, 0) is 25.1 Å². The number of hydrogen-bond acceptors (Lipinski definition) is 3. The van der Waals surface area contributed by atoms with Crippen LogP contribution in [-0.4, -0.2) is 50.5 Å². The highest BCUT2D eigenvalue weighted by Gasteiger charge is 2.13. The molecular weight excluding hydrogens is 513 g/mol. The number of aromatic nitrogens is 1. The zero-order chi connectivity index (χ0) is 19.9. The Kier molecular flexibility index (Phi) is 10.3. The van der Waals surface area contributed by atoms with Crippen molar-refractivity contribution in [3.63, 3.8) is 0 Å². The van der Waals surface area contributed by atoms with Gasteiger partial charge in [0.05, 0.1) is 23.0 Å². The Labute approximate surface area is 189 Å². The van der Waals surface area contributed by atoms with Crippen LogP contribution in [-0.2, 0) is 23.6 Å². The number of sulfonamides is 1. The molecule has 2 N–H and O–H groups in total. The van der Waals surface area contributed by atoms with E-state index in [1.54, 1.807) is 30.3 Å². The van der Waals surface area contributed by atoms with Crippen molar-refractivity contribution >= 4 is 51.6 Å². The van der Waals surface area contributed by atoms with E-state index in [1.807, 2.05) is 42.7 Å². The third-order valence-corrected chi connectivity index (χ3v) is 5.57. The van der Waals surface area contributed by atoms with E-state index in [0.717, 1.165) is 5.69 Å². The molecule has 156 valence electrons. The molecule has 0 aliphatic rings. The predicted molar refractivity (Wildman–Crippen MR) is 125 cm³/mol. The smallest absolute Gasteiger partial charge is 0.240 e. The van der Waals surface area contributed by atoms with Crippen LogP contribution >= 0.6 is 35.6 Å². The second-order valence-corrected chi connectivity index (χ2v) is 8.27. The molecule has 0 atom stereocenters. The van der Waals surface area contributed by atoms with E-state index in [9.17, 15) is 8.42 Å². The van der Waals surface area contributed by atoms with Gasteiger partial charge in [-0.2, -0.15) is 0 Å². The largest absolute Gasteiger partial charge is 0.357 e. The molecule has 0 spiro atoms. The molecule has 2 rings (SSSR count). The van der Waals surface area contributed by atoms with Gasteiger partial charge in [-0.25, -0.2) is 13.1 Å². The number of benzene rings is 1. The van der Waals surface area contributed by atoms with Gasteiger partial charge >= 0.3 is 0 Å². The van der Waals surface area contributed by atoms with E-state index < -0.39 is 10.0 Å². The summed E-state index contributed by atoms with van der Waals surface area (Å²) in [7, 11) is 0.356. The molecule has 1 aromatic heterocycles. The van der Waals surface area contributed by atoms with E-state index in [0.29, 0.717) is 30.6 Å². The molecule has 0 radical (unpaired) electrons. The van der Waals surface area contributed by atoms with E-state index in [-0.39, 0.29) is 35.4 Å². The number of nitrogens with zero attached hydrogens (tertiary/aromatic N) is 3. The standard InChI is InChI=1S/C18H26ClN5O2S.HI/c1-4-20-18(24(3)14-16-12-15(19)13-23(16)2)21-10-11-22-27(25,26)17-8-6-5-7-9-17;/h5-9,12-13,22H,4,10-11,14H2,1-3H3,(H,20,21);1H. The summed E-state index contributed by atoms with van der Waals surface area (Å²) < 4.78 is 29.0. The first kappa shape index (κ1) is 24.7. The first-order valence-corrected chi connectivity index (χ1v) is 10.5. The lowest BCUT2D eigenvalue weighted by Crippen LogP contribution is -2.39. The third-order valence-electron chi connectivity index (χ3n) is 3.89. The second kappa shape index (κ2) is 11.6. The van der Waals surface area contributed by atoms with E-state index in [4.69, 9.17) is 11.6 Å². The van der Waals surface area contributed by atoms with Crippen molar-refractivity contribution in [1.29, 1.82) is 0 Å². The molecule has 0 unspecified atom stereocenters. The summed E-state index contributed by atoms with van der Waals surface area (Å²) in [6.45, 7) is 3.88. The van der Waals surface area contributed by atoms with Crippen molar-refractivity contribution in [2.24, 2.45) is 12.0 Å². The van der Waals surface area contributed by atoms with Crippen molar-refractivity contribution in [1.82, 2.24) is 19.5 Å². The van der Waals surface area contributed by atoms with Gasteiger partial charge < -0.3 is 14.8 Å². The van der Waals surface area contributed by atoms with Gasteiger partial charge in [-0.1, -0.05) is 29.8 Å². The number of hydrogen-bond donors (Lipinski definition) is 2. The first-order valence-electron chi connectivity index (χ1n) is 8.68. The first-order chi connectivity index (χ1) is 12.8. The van der Waals surface area contributed by atoms with Crippen LogP contribution in [0.15, 0.2) is 52.5 Å². The molecule has 0 fully saturated rings. The fraction of sp³-hybridized carbons (Fsp3) is 0.389. The molecule has 0 aliphatic heterocycles. The number of aliphatic imine (C=N–C) groups is 1. The maximum atomic E-state index is 12.2. The van der Waals surface area contributed by atoms with Crippen molar-refractivity contribution < 1.29 is 8.42 Å². The van der Waals surface area contributed by atoms with Crippen LogP contribution in [0.2, 0.25) is 5.02 Å². The van der Waals surface area contributed by atoms with Crippen LogP contribution < -0.4 is 10.0 Å². The Morgan fingerprint density at radius 1 is 1.29 bits per heavy atom. The SMILES string of the molecule is CCNC(=NCCNS(=O)(=O)c1ccccc1)N(C)Cc1cc(Cl)cn1C.I. The highest BCUT2D eigenvalue weighted by atomic mass is 127. The maximum Gasteiger partial charge on any atom is 0.240 e. The molecule has 0 saturated heterocycles. The molecule has 1 heterocycles. The topological polar surface area (TPSA) is 78.7 Å². The van der Waals surface area contributed by atoms with Gasteiger partial charge in [0.2, 0.25) is 10.0 Å². The summed E-state index contributed by atoms with van der Waals surface area (Å²) in [6, 6.07) is 10.2. The fourth-order valence-corrected chi connectivity index (χ4v) is 3.85. The fourth-order valence-electron chi connectivity index (χ4n) is 2.54. The lowest BCUT2D eigenvalue weighted by atomic mass is 10.4. The van der Waals surface area contributed by atoms with Crippen LogP contribution in [0, 0.1) is 0 Å². The molecular formula is C18H27ClIN5O2S. The Morgan fingerprint density at radius 2 is 1.96 bits per heavy atom. The zero-order valence-corrected chi connectivity index (χ0v) is 20.1. The monoisotopic (exact) mass is 539 g/mol. The lowest BCUT2D eigenvalue weighted by molar-refractivity contribution is 0.462. The van der Waals surface area contributed by atoms with Gasteiger partial charge in [-0.3, -0.25) is 4.99 Å². The molecule has 1 aromatic carbocycles. The maximum absolute atomic E-state index is 12.2. The minimum absolute atomic E-state index is 0. The van der Waals surface area contributed by atoms with Gasteiger partial charge in [0.25, 0.3) is 0 Å². The molecule has 10 heteroatoms. The van der Waals surface area contributed by atoms with Crippen molar-refractivity contribution in [3.05, 3.63) is 53.3 Å². The van der Waals surface area contributed by atoms with Crippen LogP contribution in [0.5, 0.6) is 0 Å². The quantitative estimate of drug-likeness (QED) is 0.234. The van der Waals surface area contributed by atoms with Gasteiger partial charge in [0.1, 0.15) is 0 Å². The summed E-state index contributed by atoms with van der Waals surface area (Å²) in [5.41, 5.74) is 1.05. The Hall–Kier alpha value is -1.30. The highest BCUT2D eigenvalue weighted by molar-refractivity contribution is 14.0. The number of rotatable bonds is 8. The van der Waals surface area contributed by atoms with Gasteiger partial charge in [0, 0.05) is 39.1 Å². The number of nitrogens with one attached hydrogen (secondary N) is 2. The van der Waals surface area contributed by atoms with E-state index >= 15 is 0 Å². The second-order valence-electron chi connectivity index (χ2n) is 6.06.